The van der Waals surface area contributed by atoms with Crippen LogP contribution in [0.25, 0.3) is 0 Å². The fourth-order valence-corrected chi connectivity index (χ4v) is 1.68. The van der Waals surface area contributed by atoms with Gasteiger partial charge >= 0.3 is 0 Å². The van der Waals surface area contributed by atoms with Gasteiger partial charge in [0.25, 0.3) is 0 Å². The van der Waals surface area contributed by atoms with E-state index in [1.54, 1.807) is 0 Å². The van der Waals surface area contributed by atoms with Crippen molar-refractivity contribution in [3.63, 3.8) is 0 Å². The normalized spacial score (nSPS) is 10.3. The van der Waals surface area contributed by atoms with Gasteiger partial charge in [0.05, 0.1) is 5.69 Å². The van der Waals surface area contributed by atoms with Gasteiger partial charge in [0, 0.05) is 18.0 Å². The van der Waals surface area contributed by atoms with Crippen LogP contribution in [0, 0.1) is 12.3 Å². The summed E-state index contributed by atoms with van der Waals surface area (Å²) in [6, 6.07) is 2.03. The van der Waals surface area contributed by atoms with Crippen molar-refractivity contribution in [3.8, 4) is 0 Å². The van der Waals surface area contributed by atoms with Gasteiger partial charge in [-0.15, -0.1) is 0 Å². The molecule has 0 atom stereocenters. The number of nitrogens with zero attached hydrogens (tertiary/aromatic N) is 2. The van der Waals surface area contributed by atoms with Gasteiger partial charge in [-0.3, -0.25) is 10.1 Å². The Morgan fingerprint density at radius 2 is 2.46 bits per heavy atom. The molecule has 1 heterocycles. The molecule has 4 nitrogen and oxygen atoms in total. The highest BCUT2D eigenvalue weighted by atomic mass is 32.2. The standard InChI is InChI=1S/C8H14N4S/c1-3-12-7(4-6(2)11-12)5-13-8(9)10/h4H,3,5H2,1-2H3,(H3,9,10). The predicted molar refractivity (Wildman–Crippen MR) is 55.8 cm³/mol. The van der Waals surface area contributed by atoms with Crippen LogP contribution >= 0.6 is 11.8 Å². The first-order valence-corrected chi connectivity index (χ1v) is 5.12. The molecule has 0 unspecified atom stereocenters. The average Bonchev–Trinajstić information content (AvgIpc) is 2.42. The quantitative estimate of drug-likeness (QED) is 0.569. The van der Waals surface area contributed by atoms with Crippen molar-refractivity contribution in [2.24, 2.45) is 5.73 Å². The lowest BCUT2D eigenvalue weighted by Crippen LogP contribution is -2.06. The molecule has 0 spiro atoms. The topological polar surface area (TPSA) is 67.7 Å². The lowest BCUT2D eigenvalue weighted by Gasteiger charge is -2.02. The second kappa shape index (κ2) is 4.32. The van der Waals surface area contributed by atoms with E-state index in [1.165, 1.54) is 11.8 Å². The summed E-state index contributed by atoms with van der Waals surface area (Å²) in [4.78, 5) is 0. The van der Waals surface area contributed by atoms with Crippen molar-refractivity contribution >= 4 is 16.9 Å². The average molecular weight is 198 g/mol. The van der Waals surface area contributed by atoms with Gasteiger partial charge in [-0.05, 0) is 19.9 Å². The summed E-state index contributed by atoms with van der Waals surface area (Å²) >= 11 is 1.33. The highest BCUT2D eigenvalue weighted by Crippen LogP contribution is 2.12. The first-order chi connectivity index (χ1) is 6.13. The molecule has 0 fully saturated rings. The Labute approximate surface area is 82.0 Å². The summed E-state index contributed by atoms with van der Waals surface area (Å²) in [6.07, 6.45) is 0. The number of hydrogen-bond acceptors (Lipinski definition) is 3. The van der Waals surface area contributed by atoms with E-state index in [-0.39, 0.29) is 5.17 Å². The SMILES string of the molecule is CCn1nc(C)cc1CSC(=N)N. The van der Waals surface area contributed by atoms with Crippen molar-refractivity contribution in [1.82, 2.24) is 9.78 Å². The van der Waals surface area contributed by atoms with Gasteiger partial charge < -0.3 is 5.73 Å². The molecule has 0 radical (unpaired) electrons. The van der Waals surface area contributed by atoms with Crippen LogP contribution in [-0.4, -0.2) is 14.9 Å². The molecule has 3 N–H and O–H groups in total. The lowest BCUT2D eigenvalue weighted by atomic mass is 10.4. The zero-order chi connectivity index (χ0) is 9.84. The van der Waals surface area contributed by atoms with Gasteiger partial charge in [0.1, 0.15) is 0 Å². The summed E-state index contributed by atoms with van der Waals surface area (Å²) < 4.78 is 1.94. The van der Waals surface area contributed by atoms with Crippen molar-refractivity contribution in [3.05, 3.63) is 17.5 Å². The molecule has 5 heteroatoms. The van der Waals surface area contributed by atoms with Crippen LogP contribution in [0.1, 0.15) is 18.3 Å². The number of rotatable bonds is 3. The fraction of sp³-hybridized carbons (Fsp3) is 0.500. The molecule has 0 aliphatic rings. The summed E-state index contributed by atoms with van der Waals surface area (Å²) in [5, 5.41) is 11.5. The molecule has 0 aromatic carbocycles. The minimum absolute atomic E-state index is 0.154. The number of nitrogens with one attached hydrogen (secondary N) is 1. The number of aromatic nitrogens is 2. The minimum atomic E-state index is 0.154. The van der Waals surface area contributed by atoms with Gasteiger partial charge in [-0.2, -0.15) is 5.10 Å². The number of amidine groups is 1. The van der Waals surface area contributed by atoms with Gasteiger partial charge in [-0.1, -0.05) is 11.8 Å². The van der Waals surface area contributed by atoms with E-state index >= 15 is 0 Å². The number of hydrogen-bond donors (Lipinski definition) is 2. The Morgan fingerprint density at radius 3 is 3.00 bits per heavy atom. The molecule has 1 aromatic heterocycles. The smallest absolute Gasteiger partial charge is 0.151 e. The van der Waals surface area contributed by atoms with Crippen LogP contribution in [0.5, 0.6) is 0 Å². The maximum absolute atomic E-state index is 7.09. The second-order valence-corrected chi connectivity index (χ2v) is 3.76. The molecule has 0 bridgehead atoms. The van der Waals surface area contributed by atoms with E-state index < -0.39 is 0 Å². The van der Waals surface area contributed by atoms with E-state index in [0.717, 1.165) is 23.7 Å². The third-order valence-electron chi connectivity index (χ3n) is 1.66. The summed E-state index contributed by atoms with van der Waals surface area (Å²) in [5.41, 5.74) is 7.40. The van der Waals surface area contributed by atoms with Crippen LogP contribution in [0.15, 0.2) is 6.07 Å². The van der Waals surface area contributed by atoms with Gasteiger partial charge in [0.15, 0.2) is 5.17 Å². The third kappa shape index (κ3) is 2.77. The van der Waals surface area contributed by atoms with Crippen molar-refractivity contribution in [1.29, 1.82) is 5.41 Å². The van der Waals surface area contributed by atoms with Crippen molar-refractivity contribution in [2.75, 3.05) is 0 Å². The second-order valence-electron chi connectivity index (χ2n) is 2.75. The Balaban J connectivity index is 2.69. The first-order valence-electron chi connectivity index (χ1n) is 4.13. The molecule has 0 aliphatic carbocycles. The molecule has 0 amide bonds. The summed E-state index contributed by atoms with van der Waals surface area (Å²) in [6.45, 7) is 4.88. The van der Waals surface area contributed by atoms with Crippen LogP contribution in [0.3, 0.4) is 0 Å². The number of aryl methyl sites for hydroxylation is 2. The highest BCUT2D eigenvalue weighted by Gasteiger charge is 2.04. The molecule has 13 heavy (non-hydrogen) atoms. The van der Waals surface area contributed by atoms with Crippen LogP contribution in [0.2, 0.25) is 0 Å². The lowest BCUT2D eigenvalue weighted by molar-refractivity contribution is 0.632. The fourth-order valence-electron chi connectivity index (χ4n) is 1.14. The van der Waals surface area contributed by atoms with Crippen molar-refractivity contribution < 1.29 is 0 Å². The first kappa shape index (κ1) is 10.1. The third-order valence-corrected chi connectivity index (χ3v) is 2.41. The van der Waals surface area contributed by atoms with Crippen LogP contribution in [-0.2, 0) is 12.3 Å². The van der Waals surface area contributed by atoms with E-state index in [9.17, 15) is 0 Å². The molecular formula is C8H14N4S. The number of thioether (sulfide) groups is 1. The Morgan fingerprint density at radius 1 is 1.77 bits per heavy atom. The maximum Gasteiger partial charge on any atom is 0.151 e. The summed E-state index contributed by atoms with van der Waals surface area (Å²) in [7, 11) is 0. The summed E-state index contributed by atoms with van der Waals surface area (Å²) in [5.74, 6) is 0.726. The molecule has 1 aromatic rings. The predicted octanol–water partition coefficient (Wildman–Crippen LogP) is 1.34. The zero-order valence-corrected chi connectivity index (χ0v) is 8.69. The zero-order valence-electron chi connectivity index (χ0n) is 7.87. The van der Waals surface area contributed by atoms with E-state index in [1.807, 2.05) is 24.6 Å². The highest BCUT2D eigenvalue weighted by molar-refractivity contribution is 8.13. The molecular weight excluding hydrogens is 184 g/mol. The molecule has 72 valence electrons. The van der Waals surface area contributed by atoms with Crippen LogP contribution in [0.4, 0.5) is 0 Å². The molecule has 0 saturated carbocycles. The van der Waals surface area contributed by atoms with E-state index in [4.69, 9.17) is 11.1 Å². The van der Waals surface area contributed by atoms with Crippen LogP contribution < -0.4 is 5.73 Å². The minimum Gasteiger partial charge on any atom is -0.379 e. The molecule has 0 aliphatic heterocycles. The molecule has 0 saturated heterocycles. The van der Waals surface area contributed by atoms with E-state index in [2.05, 4.69) is 5.10 Å². The van der Waals surface area contributed by atoms with Gasteiger partial charge in [-0.25, -0.2) is 0 Å². The van der Waals surface area contributed by atoms with E-state index in [0.29, 0.717) is 0 Å². The Bertz CT molecular complexity index is 305. The largest absolute Gasteiger partial charge is 0.379 e. The van der Waals surface area contributed by atoms with Crippen molar-refractivity contribution in [2.45, 2.75) is 26.1 Å². The van der Waals surface area contributed by atoms with Gasteiger partial charge in [0.2, 0.25) is 0 Å². The maximum atomic E-state index is 7.09. The Kier molecular flexibility index (Phi) is 3.36. The number of nitrogens with two attached hydrogens (primary N) is 1. The molecule has 1 rings (SSSR count). The monoisotopic (exact) mass is 198 g/mol. The Hall–Kier alpha value is -0.970.